The van der Waals surface area contributed by atoms with Gasteiger partial charge in [-0.3, -0.25) is 0 Å². The van der Waals surface area contributed by atoms with Crippen LogP contribution in [-0.4, -0.2) is 24.2 Å². The van der Waals surface area contributed by atoms with E-state index in [1.807, 2.05) is 33.2 Å². The second-order valence-corrected chi connectivity index (χ2v) is 5.33. The highest BCUT2D eigenvalue weighted by Gasteiger charge is 2.07. The molecule has 0 spiro atoms. The lowest BCUT2D eigenvalue weighted by Crippen LogP contribution is -2.24. The molecule has 0 radical (unpaired) electrons. The van der Waals surface area contributed by atoms with Crippen molar-refractivity contribution >= 4 is 49.3 Å². The average Bonchev–Trinajstić information content (AvgIpc) is 2.13. The molecule has 2 nitrogen and oxygen atoms in total. The zero-order valence-electron chi connectivity index (χ0n) is 8.67. The summed E-state index contributed by atoms with van der Waals surface area (Å²) in [6.45, 7) is 2.02. The Morgan fingerprint density at radius 2 is 1.73 bits per heavy atom. The fourth-order valence-corrected chi connectivity index (χ4v) is 2.11. The van der Waals surface area contributed by atoms with Gasteiger partial charge in [-0.05, 0) is 36.8 Å². The number of thiocarbonyl (C=S) groups is 1. The van der Waals surface area contributed by atoms with E-state index >= 15 is 0 Å². The van der Waals surface area contributed by atoms with Crippen LogP contribution in [0.25, 0.3) is 0 Å². The van der Waals surface area contributed by atoms with Crippen LogP contribution in [0.15, 0.2) is 21.1 Å². The van der Waals surface area contributed by atoms with Gasteiger partial charge in [-0.25, -0.2) is 0 Å². The lowest BCUT2D eigenvalue weighted by atomic mass is 10.2. The smallest absolute Gasteiger partial charge is 0.264 e. The van der Waals surface area contributed by atoms with Crippen LogP contribution in [-0.2, 0) is 0 Å². The Labute approximate surface area is 112 Å². The summed E-state index contributed by atoms with van der Waals surface area (Å²) >= 11 is 12.0. The summed E-state index contributed by atoms with van der Waals surface area (Å²) in [5, 5.41) is 0.442. The second kappa shape index (κ2) is 5.27. The first-order chi connectivity index (χ1) is 6.91. The van der Waals surface area contributed by atoms with Gasteiger partial charge in [0.1, 0.15) is 5.75 Å². The molecule has 5 heteroatoms. The fraction of sp³-hybridized carbons (Fsp3) is 0.300. The van der Waals surface area contributed by atoms with Crippen LogP contribution in [0.1, 0.15) is 5.56 Å². The van der Waals surface area contributed by atoms with Crippen LogP contribution < -0.4 is 4.74 Å². The molecule has 0 saturated carbocycles. The molecular weight excluding hydrogens is 342 g/mol. The van der Waals surface area contributed by atoms with Crippen LogP contribution >= 0.6 is 44.1 Å². The molecule has 0 bridgehead atoms. The lowest BCUT2D eigenvalue weighted by molar-refractivity contribution is 0.449. The normalized spacial score (nSPS) is 9.93. The van der Waals surface area contributed by atoms with Crippen molar-refractivity contribution in [3.8, 4) is 5.75 Å². The van der Waals surface area contributed by atoms with Gasteiger partial charge in [-0.1, -0.05) is 31.9 Å². The quantitative estimate of drug-likeness (QED) is 0.714. The molecule has 0 aliphatic heterocycles. The summed E-state index contributed by atoms with van der Waals surface area (Å²) in [5.41, 5.74) is 1.14. The predicted molar refractivity (Wildman–Crippen MR) is 73.5 cm³/mol. The van der Waals surface area contributed by atoms with Crippen molar-refractivity contribution < 1.29 is 4.74 Å². The number of rotatable bonds is 1. The van der Waals surface area contributed by atoms with Gasteiger partial charge >= 0.3 is 0 Å². The highest BCUT2D eigenvalue weighted by Crippen LogP contribution is 2.30. The second-order valence-electron chi connectivity index (χ2n) is 3.27. The van der Waals surface area contributed by atoms with Crippen molar-refractivity contribution in [3.05, 3.63) is 26.6 Å². The molecule has 0 heterocycles. The lowest BCUT2D eigenvalue weighted by Gasteiger charge is -2.15. The highest BCUT2D eigenvalue weighted by molar-refractivity contribution is 9.11. The van der Waals surface area contributed by atoms with Crippen LogP contribution in [0.2, 0.25) is 0 Å². The van der Waals surface area contributed by atoms with Crippen LogP contribution in [0.3, 0.4) is 0 Å². The first-order valence-electron chi connectivity index (χ1n) is 4.26. The number of hydrogen-bond acceptors (Lipinski definition) is 2. The maximum absolute atomic E-state index is 5.49. The Bertz CT molecular complexity index is 370. The third-order valence-electron chi connectivity index (χ3n) is 1.82. The zero-order chi connectivity index (χ0) is 11.6. The molecule has 0 unspecified atom stereocenters. The van der Waals surface area contributed by atoms with Gasteiger partial charge in [0.05, 0.1) is 0 Å². The van der Waals surface area contributed by atoms with Gasteiger partial charge in [-0.15, -0.1) is 0 Å². The van der Waals surface area contributed by atoms with Crippen LogP contribution in [0.5, 0.6) is 5.75 Å². The Morgan fingerprint density at radius 3 is 2.13 bits per heavy atom. The van der Waals surface area contributed by atoms with Gasteiger partial charge in [-0.2, -0.15) is 0 Å². The van der Waals surface area contributed by atoms with Crippen LogP contribution in [0, 0.1) is 6.92 Å². The molecule has 1 aromatic carbocycles. The van der Waals surface area contributed by atoms with E-state index in [0.717, 1.165) is 20.3 Å². The van der Waals surface area contributed by atoms with Gasteiger partial charge in [0, 0.05) is 23.0 Å². The molecule has 1 rings (SSSR count). The van der Waals surface area contributed by atoms with Gasteiger partial charge in [0.2, 0.25) is 0 Å². The Kier molecular flexibility index (Phi) is 4.55. The molecule has 82 valence electrons. The van der Waals surface area contributed by atoms with Crippen molar-refractivity contribution in [1.29, 1.82) is 0 Å². The Hall–Kier alpha value is -0.130. The number of ether oxygens (including phenoxy) is 1. The van der Waals surface area contributed by atoms with Gasteiger partial charge < -0.3 is 9.64 Å². The topological polar surface area (TPSA) is 12.5 Å². The number of halogens is 2. The standard InChI is InChI=1S/C10H11Br2NOS/c1-6-8(11)4-7(5-9(6)12)14-10(15)13(2)3/h4-5H,1-3H3. The molecule has 15 heavy (non-hydrogen) atoms. The summed E-state index contributed by atoms with van der Waals surface area (Å²) in [5.74, 6) is 0.720. The van der Waals surface area contributed by atoms with Gasteiger partial charge in [0.15, 0.2) is 0 Å². The maximum atomic E-state index is 5.49. The largest absolute Gasteiger partial charge is 0.432 e. The molecule has 0 aliphatic carbocycles. The third-order valence-corrected chi connectivity index (χ3v) is 3.92. The minimum atomic E-state index is 0.442. The predicted octanol–water partition coefficient (Wildman–Crippen LogP) is 3.75. The monoisotopic (exact) mass is 351 g/mol. The molecule has 1 aromatic rings. The van der Waals surface area contributed by atoms with Crippen LogP contribution in [0.4, 0.5) is 0 Å². The minimum Gasteiger partial charge on any atom is -0.432 e. The minimum absolute atomic E-state index is 0.442. The van der Waals surface area contributed by atoms with E-state index in [0.29, 0.717) is 5.17 Å². The van der Waals surface area contributed by atoms with Crippen molar-refractivity contribution in [3.63, 3.8) is 0 Å². The molecule has 0 saturated heterocycles. The number of benzene rings is 1. The SMILES string of the molecule is Cc1c(Br)cc(OC(=S)N(C)C)cc1Br. The summed E-state index contributed by atoms with van der Waals surface area (Å²) in [6.07, 6.45) is 0. The first kappa shape index (κ1) is 12.9. The highest BCUT2D eigenvalue weighted by atomic mass is 79.9. The molecule has 0 N–H and O–H groups in total. The van der Waals surface area contributed by atoms with E-state index in [-0.39, 0.29) is 0 Å². The maximum Gasteiger partial charge on any atom is 0.264 e. The average molecular weight is 353 g/mol. The summed E-state index contributed by atoms with van der Waals surface area (Å²) in [6, 6.07) is 3.80. The molecule has 0 amide bonds. The Morgan fingerprint density at radius 1 is 1.27 bits per heavy atom. The first-order valence-corrected chi connectivity index (χ1v) is 6.26. The van der Waals surface area contributed by atoms with E-state index in [2.05, 4.69) is 31.9 Å². The molecule has 0 atom stereocenters. The molecular formula is C10H11Br2NOS. The Balaban J connectivity index is 2.93. The molecule has 0 aromatic heterocycles. The number of nitrogens with zero attached hydrogens (tertiary/aromatic N) is 1. The summed E-state index contributed by atoms with van der Waals surface area (Å²) < 4.78 is 7.48. The van der Waals surface area contributed by atoms with Crippen molar-refractivity contribution in [2.75, 3.05) is 14.1 Å². The summed E-state index contributed by atoms with van der Waals surface area (Å²) in [4.78, 5) is 1.75. The van der Waals surface area contributed by atoms with E-state index in [1.165, 1.54) is 0 Å². The van der Waals surface area contributed by atoms with E-state index < -0.39 is 0 Å². The molecule has 0 fully saturated rings. The third kappa shape index (κ3) is 3.43. The van der Waals surface area contributed by atoms with Gasteiger partial charge in [0.25, 0.3) is 5.17 Å². The van der Waals surface area contributed by atoms with E-state index in [9.17, 15) is 0 Å². The van der Waals surface area contributed by atoms with E-state index in [4.69, 9.17) is 17.0 Å². The zero-order valence-corrected chi connectivity index (χ0v) is 12.7. The van der Waals surface area contributed by atoms with Crippen molar-refractivity contribution in [1.82, 2.24) is 4.90 Å². The fourth-order valence-electron chi connectivity index (χ4n) is 0.873. The van der Waals surface area contributed by atoms with E-state index in [1.54, 1.807) is 4.90 Å². The molecule has 0 aliphatic rings. The summed E-state index contributed by atoms with van der Waals surface area (Å²) in [7, 11) is 3.70. The number of hydrogen-bond donors (Lipinski definition) is 0. The van der Waals surface area contributed by atoms with Crippen molar-refractivity contribution in [2.24, 2.45) is 0 Å². The van der Waals surface area contributed by atoms with Crippen molar-refractivity contribution in [2.45, 2.75) is 6.92 Å².